The highest BCUT2D eigenvalue weighted by atomic mass is 127. The molecule has 1 atom stereocenters. The zero-order valence-electron chi connectivity index (χ0n) is 12.2. The molecule has 0 aliphatic carbocycles. The second-order valence-electron chi connectivity index (χ2n) is 4.93. The summed E-state index contributed by atoms with van der Waals surface area (Å²) in [5.74, 6) is 2.90. The Labute approximate surface area is 146 Å². The SMILES string of the molecule is CN=C(NCc1nccs1)N1CCSC(C(C)C)C1.I. The lowest BCUT2D eigenvalue weighted by Crippen LogP contribution is -2.48. The maximum atomic E-state index is 4.40. The number of thiazole rings is 1. The molecule has 7 heteroatoms. The van der Waals surface area contributed by atoms with E-state index in [-0.39, 0.29) is 24.0 Å². The minimum absolute atomic E-state index is 0. The molecule has 1 saturated heterocycles. The van der Waals surface area contributed by atoms with Crippen molar-refractivity contribution in [3.05, 3.63) is 16.6 Å². The fourth-order valence-corrected chi connectivity index (χ4v) is 3.95. The highest BCUT2D eigenvalue weighted by Crippen LogP contribution is 2.24. The van der Waals surface area contributed by atoms with E-state index >= 15 is 0 Å². The van der Waals surface area contributed by atoms with Gasteiger partial charge in [0.1, 0.15) is 5.01 Å². The lowest BCUT2D eigenvalue weighted by Gasteiger charge is -2.36. The van der Waals surface area contributed by atoms with Crippen molar-refractivity contribution in [2.24, 2.45) is 10.9 Å². The molecule has 0 aromatic carbocycles. The van der Waals surface area contributed by atoms with E-state index < -0.39 is 0 Å². The third-order valence-corrected chi connectivity index (χ3v) is 5.55. The standard InChI is InChI=1S/C13H22N4S2.HI/c1-10(2)11-9-17(5-7-18-11)13(14-3)16-8-12-15-4-6-19-12;/h4,6,10-11H,5,7-9H2,1-3H3,(H,14,16);1H. The predicted octanol–water partition coefficient (Wildman–Crippen LogP) is 2.91. The molecule has 0 bridgehead atoms. The van der Waals surface area contributed by atoms with Crippen molar-refractivity contribution in [2.45, 2.75) is 25.6 Å². The van der Waals surface area contributed by atoms with Crippen molar-refractivity contribution in [1.29, 1.82) is 0 Å². The van der Waals surface area contributed by atoms with Crippen LogP contribution in [0, 0.1) is 5.92 Å². The van der Waals surface area contributed by atoms with Crippen LogP contribution in [-0.2, 0) is 6.54 Å². The van der Waals surface area contributed by atoms with E-state index in [4.69, 9.17) is 0 Å². The zero-order chi connectivity index (χ0) is 13.7. The predicted molar refractivity (Wildman–Crippen MR) is 100 cm³/mol. The summed E-state index contributed by atoms with van der Waals surface area (Å²) in [6, 6.07) is 0. The summed E-state index contributed by atoms with van der Waals surface area (Å²) in [5, 5.41) is 7.23. The minimum Gasteiger partial charge on any atom is -0.350 e. The summed E-state index contributed by atoms with van der Waals surface area (Å²) < 4.78 is 0. The smallest absolute Gasteiger partial charge is 0.194 e. The molecule has 1 N–H and O–H groups in total. The summed E-state index contributed by atoms with van der Waals surface area (Å²) in [4.78, 5) is 11.1. The minimum atomic E-state index is 0. The maximum absolute atomic E-state index is 4.40. The number of hydrogen-bond acceptors (Lipinski definition) is 4. The van der Waals surface area contributed by atoms with Gasteiger partial charge in [-0.15, -0.1) is 35.3 Å². The number of rotatable bonds is 3. The average Bonchev–Trinajstić information content (AvgIpc) is 2.93. The average molecular weight is 426 g/mol. The van der Waals surface area contributed by atoms with Crippen molar-refractivity contribution >= 4 is 53.0 Å². The Morgan fingerprint density at radius 3 is 3.00 bits per heavy atom. The van der Waals surface area contributed by atoms with Crippen LogP contribution in [0.25, 0.3) is 0 Å². The lowest BCUT2D eigenvalue weighted by molar-refractivity contribution is 0.380. The van der Waals surface area contributed by atoms with Gasteiger partial charge in [-0.05, 0) is 5.92 Å². The van der Waals surface area contributed by atoms with Crippen LogP contribution in [0.15, 0.2) is 16.6 Å². The van der Waals surface area contributed by atoms with Gasteiger partial charge < -0.3 is 10.2 Å². The van der Waals surface area contributed by atoms with Crippen molar-refractivity contribution in [3.63, 3.8) is 0 Å². The summed E-state index contributed by atoms with van der Waals surface area (Å²) in [7, 11) is 1.86. The van der Waals surface area contributed by atoms with E-state index in [1.54, 1.807) is 11.3 Å². The second kappa shape index (κ2) is 9.09. The van der Waals surface area contributed by atoms with Gasteiger partial charge in [0, 0.05) is 42.7 Å². The summed E-state index contributed by atoms with van der Waals surface area (Å²) in [5.41, 5.74) is 0. The molecule has 0 saturated carbocycles. The lowest BCUT2D eigenvalue weighted by atomic mass is 10.1. The van der Waals surface area contributed by atoms with Gasteiger partial charge in [-0.25, -0.2) is 4.98 Å². The largest absolute Gasteiger partial charge is 0.350 e. The number of thioether (sulfide) groups is 1. The Morgan fingerprint density at radius 2 is 2.40 bits per heavy atom. The number of nitrogens with one attached hydrogen (secondary N) is 1. The third kappa shape index (κ3) is 5.07. The fraction of sp³-hybridized carbons (Fsp3) is 0.692. The van der Waals surface area contributed by atoms with Crippen LogP contribution in [-0.4, -0.2) is 47.0 Å². The second-order valence-corrected chi connectivity index (χ2v) is 7.25. The summed E-state index contributed by atoms with van der Waals surface area (Å²) >= 11 is 3.76. The van der Waals surface area contributed by atoms with E-state index in [2.05, 4.69) is 45.8 Å². The number of aliphatic imine (C=N–C) groups is 1. The van der Waals surface area contributed by atoms with Crippen molar-refractivity contribution in [1.82, 2.24) is 15.2 Å². The Hall–Kier alpha value is -0.0200. The van der Waals surface area contributed by atoms with E-state index in [1.807, 2.05) is 18.6 Å². The first-order valence-corrected chi connectivity index (χ1v) is 8.59. The molecule has 0 amide bonds. The first-order valence-electron chi connectivity index (χ1n) is 6.66. The van der Waals surface area contributed by atoms with Crippen LogP contribution < -0.4 is 5.32 Å². The summed E-state index contributed by atoms with van der Waals surface area (Å²) in [6.45, 7) is 7.52. The highest BCUT2D eigenvalue weighted by Gasteiger charge is 2.24. The number of nitrogens with zero attached hydrogens (tertiary/aromatic N) is 3. The molecule has 2 heterocycles. The molecule has 0 radical (unpaired) electrons. The summed E-state index contributed by atoms with van der Waals surface area (Å²) in [6.07, 6.45) is 1.84. The normalized spacial score (nSPS) is 19.9. The van der Waals surface area contributed by atoms with Crippen molar-refractivity contribution in [3.8, 4) is 0 Å². The molecular formula is C13H23IN4S2. The van der Waals surface area contributed by atoms with Crippen LogP contribution in [0.4, 0.5) is 0 Å². The molecule has 1 unspecified atom stereocenters. The molecule has 2 rings (SSSR count). The number of aromatic nitrogens is 1. The van der Waals surface area contributed by atoms with Gasteiger partial charge in [0.25, 0.3) is 0 Å². The van der Waals surface area contributed by atoms with Gasteiger partial charge in [-0.2, -0.15) is 11.8 Å². The van der Waals surface area contributed by atoms with Crippen molar-refractivity contribution in [2.75, 3.05) is 25.9 Å². The first-order chi connectivity index (χ1) is 9.20. The monoisotopic (exact) mass is 426 g/mol. The van der Waals surface area contributed by atoms with E-state index in [1.165, 1.54) is 5.75 Å². The zero-order valence-corrected chi connectivity index (χ0v) is 16.2. The molecule has 1 aliphatic heterocycles. The van der Waals surface area contributed by atoms with Gasteiger partial charge >= 0.3 is 0 Å². The van der Waals surface area contributed by atoms with Gasteiger partial charge in [0.2, 0.25) is 0 Å². The fourth-order valence-electron chi connectivity index (χ4n) is 2.10. The molecule has 20 heavy (non-hydrogen) atoms. The maximum Gasteiger partial charge on any atom is 0.194 e. The van der Waals surface area contributed by atoms with E-state index in [0.29, 0.717) is 11.2 Å². The Bertz CT molecular complexity index is 409. The van der Waals surface area contributed by atoms with Crippen LogP contribution >= 0.6 is 47.1 Å². The van der Waals surface area contributed by atoms with Gasteiger partial charge in [0.05, 0.1) is 6.54 Å². The van der Waals surface area contributed by atoms with Crippen LogP contribution in [0.2, 0.25) is 0 Å². The molecule has 1 aliphatic rings. The third-order valence-electron chi connectivity index (χ3n) is 3.23. The van der Waals surface area contributed by atoms with E-state index in [0.717, 1.165) is 30.6 Å². The molecule has 1 aromatic rings. The van der Waals surface area contributed by atoms with Gasteiger partial charge in [0.15, 0.2) is 5.96 Å². The molecule has 1 fully saturated rings. The Kier molecular flexibility index (Phi) is 8.20. The van der Waals surface area contributed by atoms with Crippen molar-refractivity contribution < 1.29 is 0 Å². The topological polar surface area (TPSA) is 40.5 Å². The van der Waals surface area contributed by atoms with Crippen LogP contribution in [0.1, 0.15) is 18.9 Å². The Morgan fingerprint density at radius 1 is 1.60 bits per heavy atom. The van der Waals surface area contributed by atoms with E-state index in [9.17, 15) is 0 Å². The van der Waals surface area contributed by atoms with Gasteiger partial charge in [-0.3, -0.25) is 4.99 Å². The molecular weight excluding hydrogens is 403 g/mol. The number of guanidine groups is 1. The molecule has 114 valence electrons. The molecule has 4 nitrogen and oxygen atoms in total. The number of halogens is 1. The quantitative estimate of drug-likeness (QED) is 0.459. The molecule has 0 spiro atoms. The van der Waals surface area contributed by atoms with Crippen LogP contribution in [0.3, 0.4) is 0 Å². The first kappa shape index (κ1) is 18.0. The van der Waals surface area contributed by atoms with Crippen LogP contribution in [0.5, 0.6) is 0 Å². The highest BCUT2D eigenvalue weighted by molar-refractivity contribution is 14.0. The number of hydrogen-bond donors (Lipinski definition) is 1. The molecule has 1 aromatic heterocycles. The van der Waals surface area contributed by atoms with Gasteiger partial charge in [-0.1, -0.05) is 13.8 Å². The Balaban J connectivity index is 0.00000200.